The smallest absolute Gasteiger partial charge is 0.0800 e. The molecule has 0 aliphatic heterocycles. The molecular weight excluding hydrogens is 280 g/mol. The Morgan fingerprint density at radius 3 is 2.88 bits per heavy atom. The Bertz CT molecular complexity index is 495. The molecule has 0 saturated heterocycles. The van der Waals surface area contributed by atoms with Gasteiger partial charge in [0.2, 0.25) is 0 Å². The fourth-order valence-electron chi connectivity index (χ4n) is 1.78. The fourth-order valence-corrected chi connectivity index (χ4v) is 2.31. The van der Waals surface area contributed by atoms with Gasteiger partial charge in [-0.3, -0.25) is 0 Å². The average molecular weight is 295 g/mol. The molecular formula is C12H15BrN4. The summed E-state index contributed by atoms with van der Waals surface area (Å²) in [7, 11) is 0. The van der Waals surface area contributed by atoms with Gasteiger partial charge in [-0.15, -0.1) is 5.10 Å². The zero-order valence-electron chi connectivity index (χ0n) is 9.68. The van der Waals surface area contributed by atoms with Gasteiger partial charge < -0.3 is 5.73 Å². The van der Waals surface area contributed by atoms with Crippen LogP contribution >= 0.6 is 15.9 Å². The van der Waals surface area contributed by atoms with Crippen molar-refractivity contribution in [2.45, 2.75) is 25.9 Å². The fraction of sp³-hybridized carbons (Fsp3) is 0.333. The Hall–Kier alpha value is -1.20. The molecule has 1 heterocycles. The van der Waals surface area contributed by atoms with Gasteiger partial charge in [-0.25, -0.2) is 4.68 Å². The van der Waals surface area contributed by atoms with Crippen LogP contribution in [0.5, 0.6) is 0 Å². The van der Waals surface area contributed by atoms with Gasteiger partial charge in [0, 0.05) is 11.0 Å². The van der Waals surface area contributed by atoms with E-state index < -0.39 is 0 Å². The molecule has 0 bridgehead atoms. The zero-order valence-corrected chi connectivity index (χ0v) is 11.3. The van der Waals surface area contributed by atoms with Gasteiger partial charge in [0.05, 0.1) is 17.9 Å². The Morgan fingerprint density at radius 2 is 2.18 bits per heavy atom. The minimum absolute atomic E-state index is 0.202. The molecule has 1 unspecified atom stereocenters. The summed E-state index contributed by atoms with van der Waals surface area (Å²) in [5.41, 5.74) is 8.25. The van der Waals surface area contributed by atoms with Crippen LogP contribution in [0.1, 0.15) is 30.6 Å². The van der Waals surface area contributed by atoms with Crippen LogP contribution in [0.3, 0.4) is 0 Å². The van der Waals surface area contributed by atoms with Crippen molar-refractivity contribution in [3.05, 3.63) is 46.2 Å². The third-order valence-electron chi connectivity index (χ3n) is 2.64. The Labute approximate surface area is 109 Å². The molecule has 90 valence electrons. The Kier molecular flexibility index (Phi) is 3.91. The standard InChI is InChI=1S/C12H15BrN4/c1-2-7-17-11(8-15-16-17)12(14)9-5-3-4-6-10(9)13/h3-6,8,12H,2,7,14H2,1H3. The third-order valence-corrected chi connectivity index (χ3v) is 3.36. The van der Waals surface area contributed by atoms with E-state index in [4.69, 9.17) is 5.73 Å². The highest BCUT2D eigenvalue weighted by Gasteiger charge is 2.16. The van der Waals surface area contributed by atoms with E-state index in [0.717, 1.165) is 28.7 Å². The van der Waals surface area contributed by atoms with E-state index in [2.05, 4.69) is 33.2 Å². The first-order chi connectivity index (χ1) is 8.24. The molecule has 0 radical (unpaired) electrons. The topological polar surface area (TPSA) is 56.7 Å². The van der Waals surface area contributed by atoms with Gasteiger partial charge in [-0.1, -0.05) is 46.3 Å². The molecule has 5 heteroatoms. The summed E-state index contributed by atoms with van der Waals surface area (Å²) >= 11 is 3.52. The van der Waals surface area contributed by atoms with Crippen molar-refractivity contribution in [1.82, 2.24) is 15.0 Å². The van der Waals surface area contributed by atoms with Gasteiger partial charge in [0.25, 0.3) is 0 Å². The quantitative estimate of drug-likeness (QED) is 0.943. The van der Waals surface area contributed by atoms with Crippen LogP contribution in [0, 0.1) is 0 Å². The summed E-state index contributed by atoms with van der Waals surface area (Å²) in [6.07, 6.45) is 2.75. The van der Waals surface area contributed by atoms with Crippen molar-refractivity contribution in [3.8, 4) is 0 Å². The van der Waals surface area contributed by atoms with Gasteiger partial charge >= 0.3 is 0 Å². The van der Waals surface area contributed by atoms with Gasteiger partial charge in [0.1, 0.15) is 0 Å². The average Bonchev–Trinajstić information content (AvgIpc) is 2.78. The number of nitrogens with zero attached hydrogens (tertiary/aromatic N) is 3. The Morgan fingerprint density at radius 1 is 1.41 bits per heavy atom. The van der Waals surface area contributed by atoms with Crippen molar-refractivity contribution < 1.29 is 0 Å². The Balaban J connectivity index is 2.34. The summed E-state index contributed by atoms with van der Waals surface area (Å²) in [5, 5.41) is 7.99. The van der Waals surface area contributed by atoms with E-state index in [-0.39, 0.29) is 6.04 Å². The first-order valence-electron chi connectivity index (χ1n) is 5.62. The highest BCUT2D eigenvalue weighted by atomic mass is 79.9. The van der Waals surface area contributed by atoms with Crippen molar-refractivity contribution in [1.29, 1.82) is 0 Å². The molecule has 1 aromatic heterocycles. The summed E-state index contributed by atoms with van der Waals surface area (Å²) in [6.45, 7) is 2.95. The van der Waals surface area contributed by atoms with Gasteiger partial charge in [-0.05, 0) is 18.1 Å². The molecule has 0 saturated carbocycles. The molecule has 0 aliphatic carbocycles. The first-order valence-corrected chi connectivity index (χ1v) is 6.41. The predicted molar refractivity (Wildman–Crippen MR) is 70.5 cm³/mol. The summed E-state index contributed by atoms with van der Waals surface area (Å²) in [5.74, 6) is 0. The number of hydrogen-bond acceptors (Lipinski definition) is 3. The molecule has 4 nitrogen and oxygen atoms in total. The lowest BCUT2D eigenvalue weighted by molar-refractivity contribution is 0.543. The van der Waals surface area contributed by atoms with E-state index in [1.165, 1.54) is 0 Å². The van der Waals surface area contributed by atoms with E-state index in [0.29, 0.717) is 0 Å². The largest absolute Gasteiger partial charge is 0.319 e. The number of halogens is 1. The second-order valence-electron chi connectivity index (χ2n) is 3.88. The van der Waals surface area contributed by atoms with Crippen molar-refractivity contribution >= 4 is 15.9 Å². The number of benzene rings is 1. The summed E-state index contributed by atoms with van der Waals surface area (Å²) in [6, 6.07) is 7.75. The van der Waals surface area contributed by atoms with Crippen LogP contribution in [0.2, 0.25) is 0 Å². The lowest BCUT2D eigenvalue weighted by atomic mass is 10.1. The molecule has 2 rings (SSSR count). The lowest BCUT2D eigenvalue weighted by Crippen LogP contribution is -2.18. The monoisotopic (exact) mass is 294 g/mol. The van der Waals surface area contributed by atoms with Crippen LogP contribution in [-0.2, 0) is 6.54 Å². The number of rotatable bonds is 4. The normalized spacial score (nSPS) is 12.6. The van der Waals surface area contributed by atoms with Crippen LogP contribution < -0.4 is 5.73 Å². The number of nitrogens with two attached hydrogens (primary N) is 1. The molecule has 17 heavy (non-hydrogen) atoms. The number of hydrogen-bond donors (Lipinski definition) is 1. The molecule has 1 atom stereocenters. The SMILES string of the molecule is CCCn1nncc1C(N)c1ccccc1Br. The highest BCUT2D eigenvalue weighted by molar-refractivity contribution is 9.10. The first kappa shape index (κ1) is 12.3. The maximum Gasteiger partial charge on any atom is 0.0800 e. The van der Waals surface area contributed by atoms with Crippen LogP contribution in [0.4, 0.5) is 0 Å². The van der Waals surface area contributed by atoms with Crippen molar-refractivity contribution in [2.24, 2.45) is 5.73 Å². The zero-order chi connectivity index (χ0) is 12.3. The lowest BCUT2D eigenvalue weighted by Gasteiger charge is -2.14. The second-order valence-corrected chi connectivity index (χ2v) is 4.74. The summed E-state index contributed by atoms with van der Waals surface area (Å²) in [4.78, 5) is 0. The molecule has 0 aliphatic rings. The van der Waals surface area contributed by atoms with E-state index in [1.54, 1.807) is 6.20 Å². The van der Waals surface area contributed by atoms with Crippen LogP contribution in [-0.4, -0.2) is 15.0 Å². The van der Waals surface area contributed by atoms with Crippen molar-refractivity contribution in [2.75, 3.05) is 0 Å². The molecule has 2 aromatic rings. The molecule has 2 N–H and O–H groups in total. The second kappa shape index (κ2) is 5.42. The minimum Gasteiger partial charge on any atom is -0.319 e. The maximum atomic E-state index is 6.26. The van der Waals surface area contributed by atoms with E-state index >= 15 is 0 Å². The molecule has 1 aromatic carbocycles. The van der Waals surface area contributed by atoms with Crippen LogP contribution in [0.25, 0.3) is 0 Å². The van der Waals surface area contributed by atoms with E-state index in [9.17, 15) is 0 Å². The van der Waals surface area contributed by atoms with Crippen LogP contribution in [0.15, 0.2) is 34.9 Å². The van der Waals surface area contributed by atoms with Crippen molar-refractivity contribution in [3.63, 3.8) is 0 Å². The van der Waals surface area contributed by atoms with E-state index in [1.807, 2.05) is 28.9 Å². The molecule has 0 spiro atoms. The minimum atomic E-state index is -0.202. The third kappa shape index (κ3) is 2.56. The number of aromatic nitrogens is 3. The maximum absolute atomic E-state index is 6.26. The van der Waals surface area contributed by atoms with Gasteiger partial charge in [0.15, 0.2) is 0 Å². The number of aryl methyl sites for hydroxylation is 1. The summed E-state index contributed by atoms with van der Waals surface area (Å²) < 4.78 is 2.88. The molecule has 0 amide bonds. The predicted octanol–water partition coefficient (Wildman–Crippen LogP) is 2.50. The highest BCUT2D eigenvalue weighted by Crippen LogP contribution is 2.26. The molecule has 0 fully saturated rings. The van der Waals surface area contributed by atoms with Gasteiger partial charge in [-0.2, -0.15) is 0 Å².